The van der Waals surface area contributed by atoms with E-state index in [1.165, 1.54) is 70.3 Å². The van der Waals surface area contributed by atoms with Gasteiger partial charge in [-0.15, -0.1) is 0 Å². The molecule has 5 heteroatoms. The molecule has 0 radical (unpaired) electrons. The molecule has 0 aliphatic heterocycles. The molecular weight excluding hydrogens is 308 g/mol. The Labute approximate surface area is 145 Å². The molecule has 0 unspecified atom stereocenters. The predicted octanol–water partition coefficient (Wildman–Crippen LogP) is 6.42. The van der Waals surface area contributed by atoms with Crippen molar-refractivity contribution in [1.29, 1.82) is 0 Å². The van der Waals surface area contributed by atoms with E-state index >= 15 is 0 Å². The molecule has 1 aromatic heterocycles. The highest BCUT2D eigenvalue weighted by Crippen LogP contribution is 2.22. The first-order chi connectivity index (χ1) is 11.7. The Morgan fingerprint density at radius 3 is 1.92 bits per heavy atom. The van der Waals surface area contributed by atoms with Gasteiger partial charge in [0.15, 0.2) is 0 Å². The van der Waals surface area contributed by atoms with Crippen LogP contribution in [0.25, 0.3) is 0 Å². The zero-order valence-electron chi connectivity index (χ0n) is 14.9. The molecule has 5 nitrogen and oxygen atoms in total. The van der Waals surface area contributed by atoms with Gasteiger partial charge in [-0.2, -0.15) is 0 Å². The molecule has 1 rings (SSSR count). The van der Waals surface area contributed by atoms with E-state index < -0.39 is 6.16 Å². The predicted molar refractivity (Wildman–Crippen MR) is 93.9 cm³/mol. The lowest BCUT2D eigenvalue weighted by Gasteiger charge is -2.04. The van der Waals surface area contributed by atoms with Crippen LogP contribution in [-0.2, 0) is 0 Å². The van der Waals surface area contributed by atoms with E-state index in [2.05, 4.69) is 11.7 Å². The summed E-state index contributed by atoms with van der Waals surface area (Å²) in [6, 6.07) is 3.00. The average Bonchev–Trinajstić information content (AvgIpc) is 2.98. The van der Waals surface area contributed by atoms with Crippen LogP contribution in [0.3, 0.4) is 0 Å². The van der Waals surface area contributed by atoms with Gasteiger partial charge in [-0.3, -0.25) is 0 Å². The van der Waals surface area contributed by atoms with Crippen LogP contribution in [0.4, 0.5) is 4.79 Å². The molecule has 0 amide bonds. The molecule has 0 aliphatic carbocycles. The fourth-order valence-electron chi connectivity index (χ4n) is 2.64. The van der Waals surface area contributed by atoms with Crippen molar-refractivity contribution in [2.24, 2.45) is 0 Å². The van der Waals surface area contributed by atoms with E-state index in [4.69, 9.17) is 14.3 Å². The second kappa shape index (κ2) is 13.8. The summed E-state index contributed by atoms with van der Waals surface area (Å²) < 4.78 is 14.9. The Hall–Kier alpha value is -1.65. The smallest absolute Gasteiger partial charge is 0.465 e. The first-order valence-corrected chi connectivity index (χ1v) is 9.35. The summed E-state index contributed by atoms with van der Waals surface area (Å²) in [5.41, 5.74) is 0. The highest BCUT2D eigenvalue weighted by molar-refractivity contribution is 5.60. The minimum atomic E-state index is -1.39. The molecule has 0 spiro atoms. The van der Waals surface area contributed by atoms with Gasteiger partial charge in [0.2, 0.25) is 0 Å². The van der Waals surface area contributed by atoms with E-state index in [1.807, 2.05) is 0 Å². The maximum atomic E-state index is 10.3. The minimum Gasteiger partial charge on any atom is -0.465 e. The van der Waals surface area contributed by atoms with E-state index in [0.29, 0.717) is 12.6 Å². The average molecular weight is 340 g/mol. The SMILES string of the molecule is CCCCCCCCCCCCCCOc1ccc(OC(=O)O)o1. The van der Waals surface area contributed by atoms with Crippen molar-refractivity contribution in [2.45, 2.75) is 84.0 Å². The number of ether oxygens (including phenoxy) is 2. The molecular formula is C19H32O5. The molecule has 0 fully saturated rings. The van der Waals surface area contributed by atoms with Crippen LogP contribution in [0.1, 0.15) is 84.0 Å². The molecule has 0 saturated carbocycles. The number of furan rings is 1. The third-order valence-corrected chi connectivity index (χ3v) is 3.99. The summed E-state index contributed by atoms with van der Waals surface area (Å²) in [5, 5.41) is 8.45. The van der Waals surface area contributed by atoms with Gasteiger partial charge >= 0.3 is 6.16 Å². The molecule has 1 heterocycles. The normalized spacial score (nSPS) is 10.7. The van der Waals surface area contributed by atoms with Crippen LogP contribution in [0.5, 0.6) is 11.9 Å². The highest BCUT2D eigenvalue weighted by atomic mass is 16.7. The van der Waals surface area contributed by atoms with Crippen molar-refractivity contribution >= 4 is 6.16 Å². The maximum absolute atomic E-state index is 10.3. The van der Waals surface area contributed by atoms with Gasteiger partial charge in [0.05, 0.1) is 6.61 Å². The third-order valence-electron chi connectivity index (χ3n) is 3.99. The molecule has 1 aromatic rings. The van der Waals surface area contributed by atoms with Gasteiger partial charge in [0.1, 0.15) is 0 Å². The summed E-state index contributed by atoms with van der Waals surface area (Å²) in [4.78, 5) is 10.3. The Kier molecular flexibility index (Phi) is 11.7. The number of unbranched alkanes of at least 4 members (excludes halogenated alkanes) is 11. The number of hydrogen-bond acceptors (Lipinski definition) is 4. The monoisotopic (exact) mass is 340 g/mol. The van der Waals surface area contributed by atoms with Gasteiger partial charge in [-0.05, 0) is 6.42 Å². The van der Waals surface area contributed by atoms with E-state index in [1.54, 1.807) is 6.07 Å². The molecule has 24 heavy (non-hydrogen) atoms. The lowest BCUT2D eigenvalue weighted by molar-refractivity contribution is 0.127. The minimum absolute atomic E-state index is 0.0628. The molecule has 0 atom stereocenters. The largest absolute Gasteiger partial charge is 0.513 e. The van der Waals surface area contributed by atoms with Gasteiger partial charge in [0, 0.05) is 12.1 Å². The summed E-state index contributed by atoms with van der Waals surface area (Å²) in [6.07, 6.45) is 14.2. The molecule has 0 saturated heterocycles. The van der Waals surface area contributed by atoms with Gasteiger partial charge in [0.25, 0.3) is 11.9 Å². The first kappa shape index (κ1) is 20.4. The van der Waals surface area contributed by atoms with Crippen LogP contribution < -0.4 is 9.47 Å². The molecule has 0 aliphatic rings. The van der Waals surface area contributed by atoms with Crippen LogP contribution in [0.15, 0.2) is 16.5 Å². The first-order valence-electron chi connectivity index (χ1n) is 9.35. The molecule has 1 N–H and O–H groups in total. The Balaban J connectivity index is 1.85. The summed E-state index contributed by atoms with van der Waals surface area (Å²) >= 11 is 0. The topological polar surface area (TPSA) is 68.9 Å². The van der Waals surface area contributed by atoms with Crippen molar-refractivity contribution in [3.8, 4) is 11.9 Å². The van der Waals surface area contributed by atoms with E-state index in [0.717, 1.165) is 12.8 Å². The standard InChI is InChI=1S/C19H32O5/c1-2-3-4-5-6-7-8-9-10-11-12-13-16-22-17-14-15-18(23-17)24-19(20)21/h14-15H,2-13,16H2,1H3,(H,20,21). The Morgan fingerprint density at radius 1 is 0.875 bits per heavy atom. The molecule has 138 valence electrons. The number of rotatable bonds is 15. The quantitative estimate of drug-likeness (QED) is 0.295. The number of carboxylic acid groups (broad SMARTS) is 1. The van der Waals surface area contributed by atoms with Crippen LogP contribution in [0, 0.1) is 0 Å². The van der Waals surface area contributed by atoms with Crippen LogP contribution in [-0.4, -0.2) is 17.9 Å². The summed E-state index contributed by atoms with van der Waals surface area (Å²) in [5.74, 6) is 0.238. The third kappa shape index (κ3) is 11.0. The van der Waals surface area contributed by atoms with Crippen molar-refractivity contribution in [3.05, 3.63) is 12.1 Å². The van der Waals surface area contributed by atoms with E-state index in [-0.39, 0.29) is 5.95 Å². The molecule has 0 bridgehead atoms. The Bertz CT molecular complexity index is 427. The Morgan fingerprint density at radius 2 is 1.38 bits per heavy atom. The second-order valence-electron chi connectivity index (χ2n) is 6.18. The van der Waals surface area contributed by atoms with Crippen LogP contribution in [0.2, 0.25) is 0 Å². The highest BCUT2D eigenvalue weighted by Gasteiger charge is 2.07. The fourth-order valence-corrected chi connectivity index (χ4v) is 2.64. The van der Waals surface area contributed by atoms with Crippen molar-refractivity contribution in [2.75, 3.05) is 6.61 Å². The zero-order valence-corrected chi connectivity index (χ0v) is 14.9. The van der Waals surface area contributed by atoms with Gasteiger partial charge in [-0.1, -0.05) is 77.6 Å². The van der Waals surface area contributed by atoms with Gasteiger partial charge in [-0.25, -0.2) is 4.79 Å². The van der Waals surface area contributed by atoms with Crippen molar-refractivity contribution in [1.82, 2.24) is 0 Å². The van der Waals surface area contributed by atoms with Gasteiger partial charge < -0.3 is 19.0 Å². The van der Waals surface area contributed by atoms with Crippen molar-refractivity contribution < 1.29 is 23.8 Å². The van der Waals surface area contributed by atoms with Crippen molar-refractivity contribution in [3.63, 3.8) is 0 Å². The van der Waals surface area contributed by atoms with Crippen LogP contribution >= 0.6 is 0 Å². The summed E-state index contributed by atoms with van der Waals surface area (Å²) in [7, 11) is 0. The number of hydrogen-bond donors (Lipinski definition) is 1. The second-order valence-corrected chi connectivity index (χ2v) is 6.18. The summed E-state index contributed by atoms with van der Waals surface area (Å²) in [6.45, 7) is 2.84. The maximum Gasteiger partial charge on any atom is 0.513 e. The number of carbonyl (C=O) groups is 1. The molecule has 0 aromatic carbocycles. The lowest BCUT2D eigenvalue weighted by Crippen LogP contribution is -2.01. The van der Waals surface area contributed by atoms with E-state index in [9.17, 15) is 4.79 Å². The lowest BCUT2D eigenvalue weighted by atomic mass is 10.1. The fraction of sp³-hybridized carbons (Fsp3) is 0.737. The zero-order chi connectivity index (χ0) is 17.5.